The molecule has 0 saturated carbocycles. The Balaban J connectivity index is 1.45. The van der Waals surface area contributed by atoms with Gasteiger partial charge in [0.2, 0.25) is 5.76 Å². The molecule has 0 aliphatic carbocycles. The van der Waals surface area contributed by atoms with Crippen LogP contribution in [0.15, 0.2) is 45.6 Å². The van der Waals surface area contributed by atoms with Gasteiger partial charge in [0, 0.05) is 17.4 Å². The molecule has 0 radical (unpaired) electrons. The molecule has 190 valence electrons. The Morgan fingerprint density at radius 1 is 0.919 bits per heavy atom. The molecule has 0 N–H and O–H groups in total. The molecule has 3 heterocycles. The summed E-state index contributed by atoms with van der Waals surface area (Å²) in [7, 11) is 5.94. The van der Waals surface area contributed by atoms with Gasteiger partial charge in [-0.15, -0.1) is 0 Å². The largest absolute Gasteiger partial charge is 0.497 e. The molecule has 0 unspecified atom stereocenters. The molecule has 3 aromatic carbocycles. The van der Waals surface area contributed by atoms with Crippen molar-refractivity contribution in [2.45, 2.75) is 25.0 Å². The highest BCUT2D eigenvalue weighted by Crippen LogP contribution is 2.51. The van der Waals surface area contributed by atoms with E-state index in [4.69, 9.17) is 32.8 Å². The van der Waals surface area contributed by atoms with E-state index >= 15 is 0 Å². The molecule has 1 spiro atoms. The maximum Gasteiger partial charge on any atom is 0.374 e. The van der Waals surface area contributed by atoms with Crippen molar-refractivity contribution in [3.8, 4) is 28.7 Å². The monoisotopic (exact) mass is 504 g/mol. The van der Waals surface area contributed by atoms with Gasteiger partial charge in [0.15, 0.2) is 11.5 Å². The van der Waals surface area contributed by atoms with Crippen LogP contribution >= 0.6 is 0 Å². The molecule has 4 aromatic rings. The predicted molar refractivity (Wildman–Crippen MR) is 133 cm³/mol. The van der Waals surface area contributed by atoms with Crippen LogP contribution in [-0.2, 0) is 17.6 Å². The third-order valence-corrected chi connectivity index (χ3v) is 7.00. The molecule has 2 aliphatic rings. The molecule has 0 saturated heterocycles. The van der Waals surface area contributed by atoms with Crippen LogP contribution in [0.1, 0.15) is 28.1 Å². The number of benzene rings is 3. The Kier molecular flexibility index (Phi) is 5.18. The van der Waals surface area contributed by atoms with Crippen molar-refractivity contribution in [3.63, 3.8) is 0 Å². The van der Waals surface area contributed by atoms with Gasteiger partial charge >= 0.3 is 11.6 Å². The zero-order valence-corrected chi connectivity index (χ0v) is 20.8. The lowest BCUT2D eigenvalue weighted by atomic mass is 9.93. The average Bonchev–Trinajstić information content (AvgIpc) is 3.26. The molecule has 9 heteroatoms. The predicted octanol–water partition coefficient (Wildman–Crippen LogP) is 4.42. The van der Waals surface area contributed by atoms with E-state index in [2.05, 4.69) is 0 Å². The number of esters is 1. The van der Waals surface area contributed by atoms with Gasteiger partial charge in [0.05, 0.1) is 34.9 Å². The zero-order valence-electron chi connectivity index (χ0n) is 20.8. The molecule has 1 atom stereocenters. The number of aryl methyl sites for hydroxylation is 1. The number of hydrogen-bond acceptors (Lipinski definition) is 9. The van der Waals surface area contributed by atoms with Gasteiger partial charge in [0.1, 0.15) is 22.6 Å². The smallest absolute Gasteiger partial charge is 0.374 e. The number of hydrogen-bond donors (Lipinski definition) is 0. The molecule has 0 fully saturated rings. The van der Waals surface area contributed by atoms with Crippen molar-refractivity contribution < 1.29 is 37.6 Å². The van der Waals surface area contributed by atoms with Crippen molar-refractivity contribution in [1.82, 2.24) is 0 Å². The van der Waals surface area contributed by atoms with E-state index in [1.54, 1.807) is 14.2 Å². The molecule has 9 nitrogen and oxygen atoms in total. The molecular weight excluding hydrogens is 480 g/mol. The van der Waals surface area contributed by atoms with Gasteiger partial charge in [0.25, 0.3) is 5.79 Å². The fourth-order valence-corrected chi connectivity index (χ4v) is 5.31. The summed E-state index contributed by atoms with van der Waals surface area (Å²) in [4.78, 5) is 24.8. The summed E-state index contributed by atoms with van der Waals surface area (Å²) in [6.45, 7) is 0. The number of rotatable bonds is 4. The summed E-state index contributed by atoms with van der Waals surface area (Å²) in [5.74, 6) is 0.858. The Bertz CT molecular complexity index is 1650. The summed E-state index contributed by atoms with van der Waals surface area (Å²) < 4.78 is 39.7. The maximum absolute atomic E-state index is 12.9. The van der Waals surface area contributed by atoms with E-state index in [0.717, 1.165) is 33.4 Å². The Hall–Kier alpha value is -4.40. The zero-order chi connectivity index (χ0) is 25.9. The van der Waals surface area contributed by atoms with Gasteiger partial charge in [-0.25, -0.2) is 9.59 Å². The van der Waals surface area contributed by atoms with Gasteiger partial charge in [-0.3, -0.25) is 0 Å². The average molecular weight is 504 g/mol. The highest BCUT2D eigenvalue weighted by Gasteiger charge is 2.47. The molecular formula is C28H24O9. The maximum atomic E-state index is 12.9. The van der Waals surface area contributed by atoms with E-state index in [0.29, 0.717) is 36.1 Å². The summed E-state index contributed by atoms with van der Waals surface area (Å²) in [5, 5.41) is 2.55. The fraction of sp³-hybridized carbons (Fsp3) is 0.286. The third-order valence-electron chi connectivity index (χ3n) is 7.00. The quantitative estimate of drug-likeness (QED) is 0.374. The minimum absolute atomic E-state index is 0.178. The summed E-state index contributed by atoms with van der Waals surface area (Å²) in [5.41, 5.74) is 1.02. The molecule has 2 aliphatic heterocycles. The fourth-order valence-electron chi connectivity index (χ4n) is 5.31. The summed E-state index contributed by atoms with van der Waals surface area (Å²) in [6.07, 6.45) is 1.60. The molecule has 37 heavy (non-hydrogen) atoms. The molecule has 6 rings (SSSR count). The first kappa shape index (κ1) is 23.0. The molecule has 0 bridgehead atoms. The summed E-state index contributed by atoms with van der Waals surface area (Å²) in [6, 6.07) is 11.0. The Morgan fingerprint density at radius 3 is 2.46 bits per heavy atom. The first-order valence-electron chi connectivity index (χ1n) is 11.7. The third kappa shape index (κ3) is 3.45. The number of methoxy groups -OCH3 is 4. The number of fused-ring (bicyclic) bond motifs is 4. The van der Waals surface area contributed by atoms with Gasteiger partial charge < -0.3 is 32.8 Å². The lowest BCUT2D eigenvalue weighted by Crippen LogP contribution is -2.44. The standard InChI is InChI=1S/C28H24O9/c1-31-17-5-6-18-15(10-17)11-20-19(24(18)32-2)13-28(36-20)8-7-14-9-16-12-21(26(29)34-4)35-27(30)22(16)25(33-3)23(14)37-28/h5-6,9-12H,7-8,13H2,1-4H3/t28-/m0/s1. The van der Waals surface area contributed by atoms with Crippen molar-refractivity contribution >= 4 is 27.5 Å². The van der Waals surface area contributed by atoms with E-state index < -0.39 is 17.4 Å². The second-order valence-electron chi connectivity index (χ2n) is 9.02. The van der Waals surface area contributed by atoms with Crippen LogP contribution < -0.4 is 29.3 Å². The van der Waals surface area contributed by atoms with Gasteiger partial charge in [-0.1, -0.05) is 0 Å². The summed E-state index contributed by atoms with van der Waals surface area (Å²) >= 11 is 0. The van der Waals surface area contributed by atoms with E-state index in [9.17, 15) is 9.59 Å². The van der Waals surface area contributed by atoms with Crippen LogP contribution in [-0.4, -0.2) is 40.2 Å². The van der Waals surface area contributed by atoms with E-state index in [1.807, 2.05) is 30.3 Å². The second-order valence-corrected chi connectivity index (χ2v) is 9.02. The van der Waals surface area contributed by atoms with Crippen LogP contribution in [0.25, 0.3) is 21.5 Å². The van der Waals surface area contributed by atoms with Crippen molar-refractivity contribution in [2.24, 2.45) is 0 Å². The molecule has 0 amide bonds. The highest BCUT2D eigenvalue weighted by atomic mass is 16.7. The SMILES string of the molecule is COC(=O)c1cc2cc3c(c(OC)c2c(=O)o1)O[C@@]1(CC3)Cc2c(cc3cc(OC)ccc3c2OC)O1. The van der Waals surface area contributed by atoms with Gasteiger partial charge in [-0.2, -0.15) is 0 Å². The minimum atomic E-state index is -1.00. The lowest BCUT2D eigenvalue weighted by Gasteiger charge is -2.35. The van der Waals surface area contributed by atoms with E-state index in [1.165, 1.54) is 20.3 Å². The first-order chi connectivity index (χ1) is 17.9. The van der Waals surface area contributed by atoms with Crippen LogP contribution in [0.2, 0.25) is 0 Å². The van der Waals surface area contributed by atoms with Crippen LogP contribution in [0.5, 0.6) is 28.7 Å². The number of carbonyl (C=O) groups is 1. The number of carbonyl (C=O) groups excluding carboxylic acids is 1. The van der Waals surface area contributed by atoms with Gasteiger partial charge in [-0.05, 0) is 59.2 Å². The van der Waals surface area contributed by atoms with E-state index in [-0.39, 0.29) is 16.9 Å². The Labute approximate surface area is 211 Å². The van der Waals surface area contributed by atoms with Crippen molar-refractivity contribution in [3.05, 3.63) is 63.7 Å². The van der Waals surface area contributed by atoms with Crippen molar-refractivity contribution in [1.29, 1.82) is 0 Å². The Morgan fingerprint density at radius 2 is 1.73 bits per heavy atom. The van der Waals surface area contributed by atoms with Crippen LogP contribution in [0.3, 0.4) is 0 Å². The van der Waals surface area contributed by atoms with Crippen LogP contribution in [0, 0.1) is 0 Å². The van der Waals surface area contributed by atoms with Crippen molar-refractivity contribution in [2.75, 3.05) is 28.4 Å². The normalized spacial score (nSPS) is 17.6. The molecule has 1 aromatic heterocycles. The lowest BCUT2D eigenvalue weighted by molar-refractivity contribution is -0.111. The first-order valence-corrected chi connectivity index (χ1v) is 11.7. The topological polar surface area (TPSA) is 103 Å². The van der Waals surface area contributed by atoms with Crippen LogP contribution in [0.4, 0.5) is 0 Å². The highest BCUT2D eigenvalue weighted by molar-refractivity contribution is 5.96. The number of ether oxygens (including phenoxy) is 6. The second kappa shape index (κ2) is 8.33. The minimum Gasteiger partial charge on any atom is -0.497 e.